The highest BCUT2D eigenvalue weighted by atomic mass is 15.1. The molecule has 1 aliphatic heterocycles. The van der Waals surface area contributed by atoms with E-state index in [0.29, 0.717) is 0 Å². The molecule has 0 saturated carbocycles. The topological polar surface area (TPSA) is 3.88 Å². The van der Waals surface area contributed by atoms with Crippen LogP contribution in [0.3, 0.4) is 0 Å². The quantitative estimate of drug-likeness (QED) is 0.422. The summed E-state index contributed by atoms with van der Waals surface area (Å²) in [6, 6.07) is 11.6. The largest absolute Gasteiger partial charge is 0.213 e. The summed E-state index contributed by atoms with van der Waals surface area (Å²) in [4.78, 5) is 0. The summed E-state index contributed by atoms with van der Waals surface area (Å²) in [5.41, 5.74) is 7.54. The SMILES string of the molecule is C=CC1(CC)[n+]2cc3c(cc2-c2ccccc2C1(C)CC)C(C)(C)CC3(C)C. The first-order valence-electron chi connectivity index (χ1n) is 10.9. The van der Waals surface area contributed by atoms with Crippen LogP contribution < -0.4 is 4.57 Å². The molecule has 4 rings (SSSR count). The Morgan fingerprint density at radius 3 is 2.18 bits per heavy atom. The van der Waals surface area contributed by atoms with Crippen LogP contribution >= 0.6 is 0 Å². The Bertz CT molecular complexity index is 964. The van der Waals surface area contributed by atoms with Gasteiger partial charge in [0.05, 0.1) is 11.0 Å². The highest BCUT2D eigenvalue weighted by molar-refractivity contribution is 5.67. The van der Waals surface area contributed by atoms with Gasteiger partial charge >= 0.3 is 0 Å². The maximum absolute atomic E-state index is 4.38. The van der Waals surface area contributed by atoms with Gasteiger partial charge in [0, 0.05) is 18.1 Å². The van der Waals surface area contributed by atoms with Crippen LogP contribution in [0.2, 0.25) is 0 Å². The molecule has 1 aromatic carbocycles. The van der Waals surface area contributed by atoms with Crippen molar-refractivity contribution >= 4 is 0 Å². The maximum atomic E-state index is 4.38. The van der Waals surface area contributed by atoms with Crippen molar-refractivity contribution in [3.8, 4) is 11.3 Å². The van der Waals surface area contributed by atoms with E-state index in [2.05, 4.69) is 102 Å². The fourth-order valence-corrected chi connectivity index (χ4v) is 6.70. The maximum Gasteiger partial charge on any atom is 0.213 e. The van der Waals surface area contributed by atoms with Crippen molar-refractivity contribution in [3.05, 3.63) is 65.9 Å². The third-order valence-corrected chi connectivity index (χ3v) is 8.20. The lowest BCUT2D eigenvalue weighted by Gasteiger charge is -2.46. The fraction of sp³-hybridized carbons (Fsp3) is 0.519. The zero-order chi connectivity index (χ0) is 20.5. The van der Waals surface area contributed by atoms with E-state index in [1.54, 1.807) is 0 Å². The van der Waals surface area contributed by atoms with Crippen LogP contribution in [0.1, 0.15) is 84.4 Å². The standard InChI is InChI=1S/C27H36N/c1-9-26(8)20-15-13-12-14-19(20)23-16-21-22(25(6,7)18-24(21,4)5)17-28(23)27(26,10-2)11-3/h10,12-17H,2,9,11,18H2,1,3-8H3/q+1. The number of hydrogen-bond donors (Lipinski definition) is 0. The van der Waals surface area contributed by atoms with Gasteiger partial charge in [0.15, 0.2) is 11.7 Å². The zero-order valence-corrected chi connectivity index (χ0v) is 18.8. The number of rotatable bonds is 3. The molecule has 28 heavy (non-hydrogen) atoms. The minimum atomic E-state index is -0.122. The average Bonchev–Trinajstić information content (AvgIpc) is 2.85. The van der Waals surface area contributed by atoms with Crippen molar-refractivity contribution in [2.24, 2.45) is 0 Å². The second-order valence-electron chi connectivity index (χ2n) is 10.5. The molecule has 2 heterocycles. The van der Waals surface area contributed by atoms with E-state index >= 15 is 0 Å². The van der Waals surface area contributed by atoms with E-state index < -0.39 is 0 Å². The predicted octanol–water partition coefficient (Wildman–Crippen LogP) is 6.57. The fourth-order valence-electron chi connectivity index (χ4n) is 6.70. The molecule has 0 N–H and O–H groups in total. The molecule has 2 aromatic rings. The normalized spacial score (nSPS) is 29.0. The first-order chi connectivity index (χ1) is 13.1. The monoisotopic (exact) mass is 374 g/mol. The average molecular weight is 375 g/mol. The van der Waals surface area contributed by atoms with Gasteiger partial charge in [-0.25, -0.2) is 0 Å². The molecule has 1 heteroatoms. The van der Waals surface area contributed by atoms with Gasteiger partial charge in [0.25, 0.3) is 0 Å². The summed E-state index contributed by atoms with van der Waals surface area (Å²) >= 11 is 0. The number of nitrogens with zero attached hydrogens (tertiary/aromatic N) is 1. The molecular formula is C27H36N+. The molecule has 1 nitrogen and oxygen atoms in total. The van der Waals surface area contributed by atoms with Crippen molar-refractivity contribution in [1.29, 1.82) is 0 Å². The van der Waals surface area contributed by atoms with Gasteiger partial charge in [0.1, 0.15) is 0 Å². The molecule has 0 fully saturated rings. The highest BCUT2D eigenvalue weighted by Gasteiger charge is 2.59. The summed E-state index contributed by atoms with van der Waals surface area (Å²) in [6.07, 6.45) is 8.04. The number of benzene rings is 1. The smallest absolute Gasteiger partial charge is 0.188 e. The summed E-state index contributed by atoms with van der Waals surface area (Å²) < 4.78 is 2.59. The lowest BCUT2D eigenvalue weighted by atomic mass is 9.59. The molecule has 2 aliphatic rings. The van der Waals surface area contributed by atoms with E-state index in [0.717, 1.165) is 12.8 Å². The Morgan fingerprint density at radius 2 is 1.57 bits per heavy atom. The Kier molecular flexibility index (Phi) is 4.03. The Morgan fingerprint density at radius 1 is 0.929 bits per heavy atom. The van der Waals surface area contributed by atoms with Crippen LogP contribution in [0, 0.1) is 0 Å². The van der Waals surface area contributed by atoms with Crippen LogP contribution in [0.15, 0.2) is 49.2 Å². The van der Waals surface area contributed by atoms with Crippen LogP contribution in [-0.2, 0) is 21.8 Å². The third-order valence-electron chi connectivity index (χ3n) is 8.20. The van der Waals surface area contributed by atoms with Crippen LogP contribution in [0.5, 0.6) is 0 Å². The minimum absolute atomic E-state index is 0.0181. The van der Waals surface area contributed by atoms with E-state index in [9.17, 15) is 0 Å². The van der Waals surface area contributed by atoms with E-state index in [1.807, 2.05) is 0 Å². The number of pyridine rings is 1. The molecular weight excluding hydrogens is 338 g/mol. The lowest BCUT2D eigenvalue weighted by Crippen LogP contribution is -2.68. The molecule has 148 valence electrons. The third kappa shape index (κ3) is 2.17. The van der Waals surface area contributed by atoms with Gasteiger partial charge in [0.2, 0.25) is 5.69 Å². The van der Waals surface area contributed by atoms with Crippen molar-refractivity contribution in [2.45, 2.75) is 89.5 Å². The second-order valence-corrected chi connectivity index (χ2v) is 10.5. The van der Waals surface area contributed by atoms with Crippen molar-refractivity contribution in [3.63, 3.8) is 0 Å². The number of aromatic nitrogens is 1. The van der Waals surface area contributed by atoms with Crippen molar-refractivity contribution < 1.29 is 4.57 Å². The van der Waals surface area contributed by atoms with Gasteiger partial charge in [-0.3, -0.25) is 0 Å². The summed E-state index contributed by atoms with van der Waals surface area (Å²) in [5, 5.41) is 0. The van der Waals surface area contributed by atoms with E-state index in [1.165, 1.54) is 34.4 Å². The highest BCUT2D eigenvalue weighted by Crippen LogP contribution is 2.54. The van der Waals surface area contributed by atoms with Gasteiger partial charge in [-0.2, -0.15) is 4.57 Å². The van der Waals surface area contributed by atoms with Crippen molar-refractivity contribution in [1.82, 2.24) is 0 Å². The van der Waals surface area contributed by atoms with E-state index in [4.69, 9.17) is 0 Å². The molecule has 0 spiro atoms. The molecule has 1 aliphatic carbocycles. The van der Waals surface area contributed by atoms with Gasteiger partial charge in [-0.1, -0.05) is 66.3 Å². The summed E-state index contributed by atoms with van der Waals surface area (Å²) in [5.74, 6) is 0. The molecule has 0 radical (unpaired) electrons. The summed E-state index contributed by atoms with van der Waals surface area (Å²) in [6.45, 7) is 21.1. The molecule has 2 unspecified atom stereocenters. The number of fused-ring (bicyclic) bond motifs is 4. The zero-order valence-electron chi connectivity index (χ0n) is 18.8. The predicted molar refractivity (Wildman–Crippen MR) is 119 cm³/mol. The molecule has 2 atom stereocenters. The second kappa shape index (κ2) is 5.81. The Labute approximate surface area is 171 Å². The Balaban J connectivity index is 2.17. The van der Waals surface area contributed by atoms with Crippen molar-refractivity contribution in [2.75, 3.05) is 0 Å². The first kappa shape index (κ1) is 19.4. The van der Waals surface area contributed by atoms with Crippen LogP contribution in [-0.4, -0.2) is 0 Å². The molecule has 0 bridgehead atoms. The molecule has 1 aromatic heterocycles. The summed E-state index contributed by atoms with van der Waals surface area (Å²) in [7, 11) is 0. The van der Waals surface area contributed by atoms with E-state index in [-0.39, 0.29) is 21.8 Å². The van der Waals surface area contributed by atoms with Gasteiger partial charge < -0.3 is 0 Å². The molecule has 0 saturated heterocycles. The van der Waals surface area contributed by atoms with Gasteiger partial charge in [-0.15, -0.1) is 0 Å². The van der Waals surface area contributed by atoms with Gasteiger partial charge in [-0.05, 0) is 53.9 Å². The van der Waals surface area contributed by atoms with Crippen LogP contribution in [0.4, 0.5) is 0 Å². The Hall–Kier alpha value is -1.89. The van der Waals surface area contributed by atoms with Crippen LogP contribution in [0.25, 0.3) is 11.3 Å². The number of hydrogen-bond acceptors (Lipinski definition) is 0. The first-order valence-corrected chi connectivity index (χ1v) is 10.9. The number of allylic oxidation sites excluding steroid dienone is 1. The lowest BCUT2D eigenvalue weighted by molar-refractivity contribution is -0.756. The minimum Gasteiger partial charge on any atom is -0.188 e. The molecule has 0 amide bonds.